The molecule has 28 heavy (non-hydrogen) atoms. The van der Waals surface area contributed by atoms with Gasteiger partial charge in [0, 0.05) is 26.7 Å². The number of rotatable bonds is 6. The van der Waals surface area contributed by atoms with Gasteiger partial charge in [-0.1, -0.05) is 30.3 Å². The molecule has 5 nitrogen and oxygen atoms in total. The molecule has 0 radical (unpaired) electrons. The van der Waals surface area contributed by atoms with Crippen LogP contribution in [0.15, 0.2) is 48.5 Å². The summed E-state index contributed by atoms with van der Waals surface area (Å²) in [6.07, 6.45) is 0.262. The summed E-state index contributed by atoms with van der Waals surface area (Å²) in [5, 5.41) is 0. The summed E-state index contributed by atoms with van der Waals surface area (Å²) < 4.78 is 26.7. The first-order valence-electron chi connectivity index (χ1n) is 8.92. The van der Waals surface area contributed by atoms with Crippen molar-refractivity contribution in [3.63, 3.8) is 0 Å². The smallest absolute Gasteiger partial charge is 0.290 e. The van der Waals surface area contributed by atoms with Crippen molar-refractivity contribution in [3.8, 4) is 0 Å². The van der Waals surface area contributed by atoms with Gasteiger partial charge in [0.25, 0.3) is 5.91 Å². The minimum Gasteiger partial charge on any atom is -0.341 e. The second kappa shape index (κ2) is 8.29. The van der Waals surface area contributed by atoms with Crippen LogP contribution in [0, 0.1) is 17.6 Å². The van der Waals surface area contributed by atoms with E-state index < -0.39 is 23.5 Å². The molecule has 1 aliphatic rings. The van der Waals surface area contributed by atoms with Crippen molar-refractivity contribution in [2.45, 2.75) is 13.0 Å². The lowest BCUT2D eigenvalue weighted by Crippen LogP contribution is -2.36. The van der Waals surface area contributed by atoms with Gasteiger partial charge in [0.15, 0.2) is 0 Å². The van der Waals surface area contributed by atoms with Crippen molar-refractivity contribution in [2.24, 2.45) is 5.92 Å². The molecule has 1 heterocycles. The Balaban J connectivity index is 1.61. The predicted molar refractivity (Wildman–Crippen MR) is 98.1 cm³/mol. The predicted octanol–water partition coefficient (Wildman–Crippen LogP) is 2.19. The van der Waals surface area contributed by atoms with Crippen molar-refractivity contribution in [1.29, 1.82) is 0 Å². The molecule has 1 aliphatic heterocycles. The van der Waals surface area contributed by atoms with Crippen LogP contribution in [0.5, 0.6) is 0 Å². The Bertz CT molecular complexity index is 899. The van der Waals surface area contributed by atoms with E-state index in [2.05, 4.69) is 0 Å². The third kappa shape index (κ3) is 4.24. The van der Waals surface area contributed by atoms with Gasteiger partial charge in [-0.05, 0) is 35.7 Å². The molecule has 0 aromatic heterocycles. The minimum absolute atomic E-state index is 0.0152. The second-order valence-electron chi connectivity index (χ2n) is 6.83. The van der Waals surface area contributed by atoms with Gasteiger partial charge in [-0.25, -0.2) is 8.78 Å². The van der Waals surface area contributed by atoms with Crippen LogP contribution in [0.1, 0.15) is 11.1 Å². The van der Waals surface area contributed by atoms with Crippen LogP contribution in [0.3, 0.4) is 0 Å². The number of carbonyl (C=O) groups is 3. The van der Waals surface area contributed by atoms with Crippen molar-refractivity contribution < 1.29 is 23.2 Å². The molecule has 0 saturated carbocycles. The highest BCUT2D eigenvalue weighted by atomic mass is 19.1. The van der Waals surface area contributed by atoms with E-state index in [1.165, 1.54) is 35.0 Å². The third-order valence-electron chi connectivity index (χ3n) is 4.83. The number of Topliss-reactive ketones (excluding diaryl/α,β-unsaturated/α-hetero) is 1. The van der Waals surface area contributed by atoms with E-state index in [0.717, 1.165) is 0 Å². The Labute approximate surface area is 161 Å². The zero-order valence-electron chi connectivity index (χ0n) is 15.4. The molecular formula is C21H20F2N2O3. The SMILES string of the molecule is CN(Cc1ccc(F)cc1)C(=O)C1CN(CCc2ccccc2F)C(=O)C1=O. The van der Waals surface area contributed by atoms with Gasteiger partial charge in [0.1, 0.15) is 17.6 Å². The fourth-order valence-electron chi connectivity index (χ4n) is 3.24. The highest BCUT2D eigenvalue weighted by molar-refractivity contribution is 6.42. The normalized spacial score (nSPS) is 16.5. The fraction of sp³-hybridized carbons (Fsp3) is 0.286. The number of amides is 2. The van der Waals surface area contributed by atoms with E-state index in [4.69, 9.17) is 0 Å². The number of carbonyl (C=O) groups excluding carboxylic acids is 3. The number of hydrogen-bond donors (Lipinski definition) is 0. The lowest BCUT2D eigenvalue weighted by molar-refractivity contribution is -0.144. The monoisotopic (exact) mass is 386 g/mol. The molecule has 146 valence electrons. The van der Waals surface area contributed by atoms with Crippen LogP contribution >= 0.6 is 0 Å². The summed E-state index contributed by atoms with van der Waals surface area (Å²) in [4.78, 5) is 39.8. The summed E-state index contributed by atoms with van der Waals surface area (Å²) in [5.74, 6) is -3.74. The standard InChI is InChI=1S/C21H20F2N2O3/c1-24(12-14-6-8-16(22)9-7-14)20(27)17-13-25(21(28)19(17)26)11-10-15-4-2-3-5-18(15)23/h2-9,17H,10-13H2,1H3. The highest BCUT2D eigenvalue weighted by Gasteiger charge is 2.43. The molecule has 1 saturated heterocycles. The van der Waals surface area contributed by atoms with E-state index >= 15 is 0 Å². The molecule has 1 fully saturated rings. The fourth-order valence-corrected chi connectivity index (χ4v) is 3.24. The summed E-state index contributed by atoms with van der Waals surface area (Å²) in [6, 6.07) is 11.9. The molecule has 0 aliphatic carbocycles. The molecule has 0 N–H and O–H groups in total. The lowest BCUT2D eigenvalue weighted by atomic mass is 10.1. The van der Waals surface area contributed by atoms with E-state index in [-0.39, 0.29) is 37.7 Å². The van der Waals surface area contributed by atoms with Crippen LogP contribution in [0.4, 0.5) is 8.78 Å². The van der Waals surface area contributed by atoms with Gasteiger partial charge in [0.05, 0.1) is 0 Å². The second-order valence-corrected chi connectivity index (χ2v) is 6.83. The number of nitrogens with zero attached hydrogens (tertiary/aromatic N) is 2. The van der Waals surface area contributed by atoms with Crippen molar-refractivity contribution in [2.75, 3.05) is 20.1 Å². The number of ketones is 1. The van der Waals surface area contributed by atoms with Crippen LogP contribution in [-0.4, -0.2) is 47.5 Å². The van der Waals surface area contributed by atoms with Gasteiger partial charge >= 0.3 is 0 Å². The molecule has 2 aromatic carbocycles. The van der Waals surface area contributed by atoms with Gasteiger partial charge in [0.2, 0.25) is 11.7 Å². The Hall–Kier alpha value is -3.09. The number of likely N-dealkylation sites (tertiary alicyclic amines) is 1. The number of benzene rings is 2. The van der Waals surface area contributed by atoms with E-state index in [0.29, 0.717) is 11.1 Å². The molecule has 2 amide bonds. The Morgan fingerprint density at radius 2 is 1.79 bits per heavy atom. The van der Waals surface area contributed by atoms with E-state index in [1.54, 1.807) is 30.3 Å². The summed E-state index contributed by atoms with van der Waals surface area (Å²) in [7, 11) is 1.53. The maximum atomic E-state index is 13.7. The van der Waals surface area contributed by atoms with Gasteiger partial charge in [-0.2, -0.15) is 0 Å². The molecule has 0 bridgehead atoms. The Kier molecular flexibility index (Phi) is 5.82. The first kappa shape index (κ1) is 19.7. The van der Waals surface area contributed by atoms with E-state index in [1.807, 2.05) is 0 Å². The number of hydrogen-bond acceptors (Lipinski definition) is 3. The molecule has 1 unspecified atom stereocenters. The van der Waals surface area contributed by atoms with Gasteiger partial charge in [-0.15, -0.1) is 0 Å². The van der Waals surface area contributed by atoms with Gasteiger partial charge in [-0.3, -0.25) is 14.4 Å². The summed E-state index contributed by atoms with van der Waals surface area (Å²) in [6.45, 7) is 0.349. The van der Waals surface area contributed by atoms with Crippen LogP contribution in [0.25, 0.3) is 0 Å². The van der Waals surface area contributed by atoms with Crippen molar-refractivity contribution >= 4 is 17.6 Å². The Morgan fingerprint density at radius 1 is 1.11 bits per heavy atom. The third-order valence-corrected chi connectivity index (χ3v) is 4.83. The Morgan fingerprint density at radius 3 is 2.46 bits per heavy atom. The summed E-state index contributed by atoms with van der Waals surface area (Å²) in [5.41, 5.74) is 1.16. The zero-order chi connectivity index (χ0) is 20.3. The lowest BCUT2D eigenvalue weighted by Gasteiger charge is -2.21. The summed E-state index contributed by atoms with van der Waals surface area (Å²) >= 11 is 0. The maximum Gasteiger partial charge on any atom is 0.290 e. The average molecular weight is 386 g/mol. The van der Waals surface area contributed by atoms with E-state index in [9.17, 15) is 23.2 Å². The molecule has 7 heteroatoms. The average Bonchev–Trinajstić information content (AvgIpc) is 2.97. The minimum atomic E-state index is -1.07. The molecular weight excluding hydrogens is 366 g/mol. The zero-order valence-corrected chi connectivity index (χ0v) is 15.4. The molecule has 2 aromatic rings. The van der Waals surface area contributed by atoms with Crippen LogP contribution in [-0.2, 0) is 27.3 Å². The molecule has 0 spiro atoms. The van der Waals surface area contributed by atoms with Crippen molar-refractivity contribution in [1.82, 2.24) is 9.80 Å². The topological polar surface area (TPSA) is 57.7 Å². The highest BCUT2D eigenvalue weighted by Crippen LogP contribution is 2.19. The first-order valence-corrected chi connectivity index (χ1v) is 8.92. The van der Waals surface area contributed by atoms with Crippen molar-refractivity contribution in [3.05, 3.63) is 71.3 Å². The van der Waals surface area contributed by atoms with Crippen LogP contribution in [0.2, 0.25) is 0 Å². The van der Waals surface area contributed by atoms with Crippen LogP contribution < -0.4 is 0 Å². The number of halogens is 2. The molecule has 1 atom stereocenters. The largest absolute Gasteiger partial charge is 0.341 e. The quantitative estimate of drug-likeness (QED) is 0.565. The first-order chi connectivity index (χ1) is 13.4. The van der Waals surface area contributed by atoms with Gasteiger partial charge < -0.3 is 9.80 Å². The molecule has 3 rings (SSSR count). The maximum absolute atomic E-state index is 13.7.